The second kappa shape index (κ2) is 8.55. The van der Waals surface area contributed by atoms with Crippen LogP contribution in [0, 0.1) is 0 Å². The minimum Gasteiger partial charge on any atom is -0.497 e. The van der Waals surface area contributed by atoms with Gasteiger partial charge in [-0.15, -0.1) is 0 Å². The fourth-order valence-electron chi connectivity index (χ4n) is 3.03. The van der Waals surface area contributed by atoms with Crippen molar-refractivity contribution in [3.05, 3.63) is 45.3 Å². The summed E-state index contributed by atoms with van der Waals surface area (Å²) in [6, 6.07) is 7.96. The van der Waals surface area contributed by atoms with E-state index in [0.29, 0.717) is 4.47 Å². The van der Waals surface area contributed by atoms with E-state index in [1.807, 2.05) is 24.3 Å². The Hall–Kier alpha value is -2.06. The molecule has 3 rings (SSSR count). The summed E-state index contributed by atoms with van der Waals surface area (Å²) in [5.41, 5.74) is 1.84. The molecule has 1 saturated heterocycles. The molecule has 1 aliphatic heterocycles. The lowest BCUT2D eigenvalue weighted by Crippen LogP contribution is -2.48. The molecule has 7 nitrogen and oxygen atoms in total. The van der Waals surface area contributed by atoms with Crippen LogP contribution >= 0.6 is 15.9 Å². The number of anilines is 2. The van der Waals surface area contributed by atoms with Gasteiger partial charge in [-0.25, -0.2) is 4.68 Å². The number of rotatable bonds is 6. The molecule has 1 aromatic carbocycles. The number of aromatic nitrogens is 2. The van der Waals surface area contributed by atoms with Gasteiger partial charge in [0.05, 0.1) is 19.0 Å². The average molecular weight is 422 g/mol. The molecule has 2 heterocycles. The van der Waals surface area contributed by atoms with Crippen molar-refractivity contribution in [2.75, 3.05) is 56.6 Å². The van der Waals surface area contributed by atoms with Gasteiger partial charge in [-0.1, -0.05) is 6.07 Å². The molecule has 8 heteroatoms. The first-order valence-electron chi connectivity index (χ1n) is 8.65. The first-order chi connectivity index (χ1) is 12.6. The van der Waals surface area contributed by atoms with Crippen LogP contribution in [0.2, 0.25) is 0 Å². The van der Waals surface area contributed by atoms with E-state index >= 15 is 0 Å². The normalized spacial score (nSPS) is 15.1. The molecule has 1 N–H and O–H groups in total. The number of nitrogens with one attached hydrogen (secondary N) is 1. The zero-order valence-electron chi connectivity index (χ0n) is 15.1. The maximum absolute atomic E-state index is 12.0. The second-order valence-electron chi connectivity index (χ2n) is 6.26. The summed E-state index contributed by atoms with van der Waals surface area (Å²) >= 11 is 3.41. The molecule has 1 fully saturated rings. The lowest BCUT2D eigenvalue weighted by Gasteiger charge is -2.36. The van der Waals surface area contributed by atoms with E-state index in [4.69, 9.17) is 4.74 Å². The molecule has 1 aliphatic rings. The van der Waals surface area contributed by atoms with Gasteiger partial charge in [-0.3, -0.25) is 9.69 Å². The lowest BCUT2D eigenvalue weighted by molar-refractivity contribution is 0.267. The third-order valence-electron chi connectivity index (χ3n) is 4.60. The predicted molar refractivity (Wildman–Crippen MR) is 107 cm³/mol. The Morgan fingerprint density at radius 2 is 2.04 bits per heavy atom. The number of benzene rings is 1. The van der Waals surface area contributed by atoms with Gasteiger partial charge < -0.3 is 15.0 Å². The molecule has 0 saturated carbocycles. The van der Waals surface area contributed by atoms with Crippen LogP contribution in [-0.2, 0) is 7.05 Å². The van der Waals surface area contributed by atoms with Gasteiger partial charge in [-0.05, 0) is 28.1 Å². The van der Waals surface area contributed by atoms with Crippen LogP contribution in [0.3, 0.4) is 0 Å². The van der Waals surface area contributed by atoms with Crippen molar-refractivity contribution in [3.63, 3.8) is 0 Å². The summed E-state index contributed by atoms with van der Waals surface area (Å²) in [7, 11) is 3.33. The highest BCUT2D eigenvalue weighted by Gasteiger charge is 2.20. The minimum atomic E-state index is -0.104. The number of ether oxygens (including phenoxy) is 1. The summed E-state index contributed by atoms with van der Waals surface area (Å²) in [6.07, 6.45) is 1.76. The third-order valence-corrected chi connectivity index (χ3v) is 5.35. The largest absolute Gasteiger partial charge is 0.497 e. The van der Waals surface area contributed by atoms with Crippen LogP contribution < -0.4 is 20.5 Å². The van der Waals surface area contributed by atoms with Crippen LogP contribution in [0.1, 0.15) is 0 Å². The predicted octanol–water partition coefficient (Wildman–Crippen LogP) is 1.79. The van der Waals surface area contributed by atoms with Crippen molar-refractivity contribution in [2.24, 2.45) is 7.05 Å². The Morgan fingerprint density at radius 1 is 1.27 bits per heavy atom. The number of piperazine rings is 1. The van der Waals surface area contributed by atoms with Crippen molar-refractivity contribution in [2.45, 2.75) is 0 Å². The second-order valence-corrected chi connectivity index (χ2v) is 7.05. The molecule has 2 aromatic rings. The van der Waals surface area contributed by atoms with Crippen molar-refractivity contribution in [1.29, 1.82) is 0 Å². The van der Waals surface area contributed by atoms with Gasteiger partial charge in [0.15, 0.2) is 0 Å². The zero-order valence-corrected chi connectivity index (χ0v) is 16.7. The van der Waals surface area contributed by atoms with E-state index in [2.05, 4.69) is 36.1 Å². The maximum Gasteiger partial charge on any atom is 0.282 e. The Morgan fingerprint density at radius 3 is 2.77 bits per heavy atom. The van der Waals surface area contributed by atoms with Crippen molar-refractivity contribution >= 4 is 27.3 Å². The summed E-state index contributed by atoms with van der Waals surface area (Å²) in [5, 5.41) is 7.57. The molecule has 26 heavy (non-hydrogen) atoms. The molecule has 1 aromatic heterocycles. The number of aryl methyl sites for hydroxylation is 1. The summed E-state index contributed by atoms with van der Waals surface area (Å²) in [4.78, 5) is 16.7. The van der Waals surface area contributed by atoms with Gasteiger partial charge in [0, 0.05) is 58.1 Å². The van der Waals surface area contributed by atoms with E-state index in [1.165, 1.54) is 4.68 Å². The van der Waals surface area contributed by atoms with Gasteiger partial charge >= 0.3 is 0 Å². The quantitative estimate of drug-likeness (QED) is 0.766. The molecule has 0 bridgehead atoms. The van der Waals surface area contributed by atoms with E-state index in [-0.39, 0.29) is 5.56 Å². The molecule has 0 amide bonds. The molecular weight excluding hydrogens is 398 g/mol. The smallest absolute Gasteiger partial charge is 0.282 e. The zero-order chi connectivity index (χ0) is 18.5. The monoisotopic (exact) mass is 421 g/mol. The fourth-order valence-corrected chi connectivity index (χ4v) is 3.64. The van der Waals surface area contributed by atoms with E-state index in [1.54, 1.807) is 20.4 Å². The molecule has 0 spiro atoms. The Bertz CT molecular complexity index is 802. The molecular formula is C18H24BrN5O2. The van der Waals surface area contributed by atoms with Gasteiger partial charge in [0.2, 0.25) is 0 Å². The fraction of sp³-hybridized carbons (Fsp3) is 0.444. The van der Waals surface area contributed by atoms with Crippen LogP contribution in [-0.4, -0.2) is 61.1 Å². The number of hydrogen-bond donors (Lipinski definition) is 1. The Labute approximate surface area is 161 Å². The molecule has 0 atom stereocenters. The standard InChI is InChI=1S/C18H24BrN5O2/c1-22-18(25)17(19)16(13-21-22)24-10-8-23(9-11-24)7-6-20-14-4-3-5-15(12-14)26-2/h3-5,12-13,20H,6-11H2,1-2H3. The van der Waals surface area contributed by atoms with E-state index in [0.717, 1.165) is 56.4 Å². The highest BCUT2D eigenvalue weighted by Crippen LogP contribution is 2.22. The van der Waals surface area contributed by atoms with Crippen LogP contribution in [0.15, 0.2) is 39.7 Å². The minimum absolute atomic E-state index is 0.104. The Balaban J connectivity index is 1.48. The van der Waals surface area contributed by atoms with Crippen molar-refractivity contribution in [1.82, 2.24) is 14.7 Å². The maximum atomic E-state index is 12.0. The van der Waals surface area contributed by atoms with Crippen molar-refractivity contribution in [3.8, 4) is 5.75 Å². The van der Waals surface area contributed by atoms with Crippen LogP contribution in [0.5, 0.6) is 5.75 Å². The summed E-state index contributed by atoms with van der Waals surface area (Å²) in [5.74, 6) is 0.858. The van der Waals surface area contributed by atoms with Gasteiger partial charge in [0.25, 0.3) is 5.56 Å². The molecule has 0 unspecified atom stereocenters. The summed E-state index contributed by atoms with van der Waals surface area (Å²) in [6.45, 7) is 5.54. The molecule has 0 aliphatic carbocycles. The number of halogens is 1. The lowest BCUT2D eigenvalue weighted by atomic mass is 10.2. The van der Waals surface area contributed by atoms with Crippen LogP contribution in [0.4, 0.5) is 11.4 Å². The first kappa shape index (κ1) is 18.7. The van der Waals surface area contributed by atoms with Crippen molar-refractivity contribution < 1.29 is 4.74 Å². The van der Waals surface area contributed by atoms with Gasteiger partial charge in [-0.2, -0.15) is 5.10 Å². The molecule has 0 radical (unpaired) electrons. The van der Waals surface area contributed by atoms with E-state index < -0.39 is 0 Å². The molecule has 140 valence electrons. The number of nitrogens with zero attached hydrogens (tertiary/aromatic N) is 4. The topological polar surface area (TPSA) is 62.6 Å². The first-order valence-corrected chi connectivity index (χ1v) is 9.45. The highest BCUT2D eigenvalue weighted by atomic mass is 79.9. The van der Waals surface area contributed by atoms with E-state index in [9.17, 15) is 4.79 Å². The van der Waals surface area contributed by atoms with Crippen LogP contribution in [0.25, 0.3) is 0 Å². The number of hydrogen-bond acceptors (Lipinski definition) is 6. The SMILES string of the molecule is COc1cccc(NCCN2CCN(c3cnn(C)c(=O)c3Br)CC2)c1. The van der Waals surface area contributed by atoms with Gasteiger partial charge in [0.1, 0.15) is 10.2 Å². The number of methoxy groups -OCH3 is 1. The third kappa shape index (κ3) is 4.37. The summed E-state index contributed by atoms with van der Waals surface area (Å²) < 4.78 is 7.17. The highest BCUT2D eigenvalue weighted by molar-refractivity contribution is 9.10. The average Bonchev–Trinajstić information content (AvgIpc) is 2.67. The Kier molecular flexibility index (Phi) is 6.16.